The molecule has 2 heterocycles. The van der Waals surface area contributed by atoms with Gasteiger partial charge in [0.25, 0.3) is 5.91 Å². The quantitative estimate of drug-likeness (QED) is 0.783. The van der Waals surface area contributed by atoms with Crippen LogP contribution in [-0.2, 0) is 9.59 Å². The van der Waals surface area contributed by atoms with Gasteiger partial charge >= 0.3 is 0 Å². The summed E-state index contributed by atoms with van der Waals surface area (Å²) in [4.78, 5) is 29.6. The van der Waals surface area contributed by atoms with Crippen LogP contribution in [0.15, 0.2) is 53.6 Å². The number of amides is 2. The lowest BCUT2D eigenvalue weighted by atomic mass is 10.1. The molecule has 0 atom stereocenters. The van der Waals surface area contributed by atoms with Crippen LogP contribution in [0.5, 0.6) is 5.75 Å². The van der Waals surface area contributed by atoms with E-state index < -0.39 is 0 Å². The van der Waals surface area contributed by atoms with Crippen molar-refractivity contribution in [3.8, 4) is 5.75 Å². The van der Waals surface area contributed by atoms with E-state index in [-0.39, 0.29) is 11.8 Å². The normalized spacial score (nSPS) is 17.1. The van der Waals surface area contributed by atoms with Crippen molar-refractivity contribution < 1.29 is 14.3 Å². The number of aryl methyl sites for hydroxylation is 1. The Hall–Kier alpha value is -3.35. The van der Waals surface area contributed by atoms with E-state index in [0.717, 1.165) is 35.8 Å². The molecule has 0 N–H and O–H groups in total. The molecule has 1 saturated heterocycles. The van der Waals surface area contributed by atoms with Crippen LogP contribution in [0.2, 0.25) is 0 Å². The summed E-state index contributed by atoms with van der Waals surface area (Å²) in [6, 6.07) is 15.5. The average molecular weight is 406 g/mol. The van der Waals surface area contributed by atoms with Crippen molar-refractivity contribution in [1.29, 1.82) is 0 Å². The molecule has 0 radical (unpaired) electrons. The largest absolute Gasteiger partial charge is 0.495 e. The Labute approximate surface area is 176 Å². The summed E-state index contributed by atoms with van der Waals surface area (Å²) in [5, 5.41) is 5.84. The second-order valence-corrected chi connectivity index (χ2v) is 7.49. The molecule has 0 saturated carbocycles. The van der Waals surface area contributed by atoms with Crippen LogP contribution in [0, 0.1) is 6.92 Å². The first-order chi connectivity index (χ1) is 14.6. The molecule has 4 rings (SSSR count). The monoisotopic (exact) mass is 406 g/mol. The summed E-state index contributed by atoms with van der Waals surface area (Å²) >= 11 is 0. The number of carbonyl (C=O) groups is 2. The molecular formula is C23H26N4O3. The number of carbonyl (C=O) groups excluding carboxylic acids is 2. The fourth-order valence-corrected chi connectivity index (χ4v) is 3.92. The van der Waals surface area contributed by atoms with Gasteiger partial charge in [-0.15, -0.1) is 0 Å². The molecule has 7 heteroatoms. The molecule has 7 nitrogen and oxygen atoms in total. The molecule has 2 aliphatic rings. The number of hydrazone groups is 1. The Morgan fingerprint density at radius 1 is 0.933 bits per heavy atom. The van der Waals surface area contributed by atoms with Crippen molar-refractivity contribution in [2.24, 2.45) is 5.10 Å². The Morgan fingerprint density at radius 3 is 2.30 bits per heavy atom. The maximum Gasteiger partial charge on any atom is 0.270 e. The maximum absolute atomic E-state index is 13.1. The first-order valence-corrected chi connectivity index (χ1v) is 10.2. The summed E-state index contributed by atoms with van der Waals surface area (Å²) in [5.74, 6) is 0.670. The standard InChI is InChI=1S/C23H26N4O3/c1-17-7-3-4-8-19(17)27-22(28)12-11-18(24-27)23(29)26-15-13-25(14-16-26)20-9-5-6-10-21(20)30-2/h3-10H,11-16H2,1-2H3. The Bertz CT molecular complexity index is 980. The molecule has 0 spiro atoms. The first-order valence-electron chi connectivity index (χ1n) is 10.2. The number of hydrogen-bond donors (Lipinski definition) is 0. The maximum atomic E-state index is 13.1. The highest BCUT2D eigenvalue weighted by Gasteiger charge is 2.30. The highest BCUT2D eigenvalue weighted by molar-refractivity contribution is 6.40. The lowest BCUT2D eigenvalue weighted by Gasteiger charge is -2.37. The molecule has 2 aromatic rings. The second-order valence-electron chi connectivity index (χ2n) is 7.49. The Morgan fingerprint density at radius 2 is 1.60 bits per heavy atom. The topological polar surface area (TPSA) is 65.5 Å². The third-order valence-corrected chi connectivity index (χ3v) is 5.62. The van der Waals surface area contributed by atoms with Gasteiger partial charge in [-0.1, -0.05) is 30.3 Å². The van der Waals surface area contributed by atoms with E-state index in [2.05, 4.69) is 10.0 Å². The van der Waals surface area contributed by atoms with Gasteiger partial charge in [-0.3, -0.25) is 9.59 Å². The fourth-order valence-electron chi connectivity index (χ4n) is 3.92. The van der Waals surface area contributed by atoms with E-state index in [1.165, 1.54) is 5.01 Å². The van der Waals surface area contributed by atoms with Gasteiger partial charge in [-0.05, 0) is 30.7 Å². The van der Waals surface area contributed by atoms with Crippen LogP contribution < -0.4 is 14.6 Å². The van der Waals surface area contributed by atoms with Gasteiger partial charge in [0, 0.05) is 39.0 Å². The van der Waals surface area contributed by atoms with E-state index in [4.69, 9.17) is 4.74 Å². The lowest BCUT2D eigenvalue weighted by molar-refractivity contribution is -0.124. The zero-order valence-corrected chi connectivity index (χ0v) is 17.4. The van der Waals surface area contributed by atoms with Gasteiger partial charge in [0.15, 0.2) is 0 Å². The van der Waals surface area contributed by atoms with Gasteiger partial charge in [0.05, 0.1) is 18.5 Å². The van der Waals surface area contributed by atoms with Crippen LogP contribution in [0.3, 0.4) is 0 Å². The Balaban J connectivity index is 1.47. The number of nitrogens with zero attached hydrogens (tertiary/aromatic N) is 4. The van der Waals surface area contributed by atoms with Crippen molar-refractivity contribution in [2.75, 3.05) is 43.2 Å². The summed E-state index contributed by atoms with van der Waals surface area (Å²) in [6.07, 6.45) is 0.673. The van der Waals surface area contributed by atoms with Gasteiger partial charge in [-0.25, -0.2) is 5.01 Å². The third-order valence-electron chi connectivity index (χ3n) is 5.62. The summed E-state index contributed by atoms with van der Waals surface area (Å²) in [6.45, 7) is 4.59. The molecule has 156 valence electrons. The zero-order valence-electron chi connectivity index (χ0n) is 17.4. The summed E-state index contributed by atoms with van der Waals surface area (Å²) < 4.78 is 5.46. The molecule has 30 heavy (non-hydrogen) atoms. The highest BCUT2D eigenvalue weighted by Crippen LogP contribution is 2.29. The van der Waals surface area contributed by atoms with Crippen molar-refractivity contribution in [3.63, 3.8) is 0 Å². The average Bonchev–Trinajstić information content (AvgIpc) is 2.79. The minimum atomic E-state index is -0.0826. The molecular weight excluding hydrogens is 380 g/mol. The number of hydrogen-bond acceptors (Lipinski definition) is 5. The number of benzene rings is 2. The second kappa shape index (κ2) is 8.57. The predicted molar refractivity (Wildman–Crippen MR) is 117 cm³/mol. The summed E-state index contributed by atoms with van der Waals surface area (Å²) in [7, 11) is 1.67. The van der Waals surface area contributed by atoms with Crippen molar-refractivity contribution in [1.82, 2.24) is 4.90 Å². The number of methoxy groups -OCH3 is 1. The minimum Gasteiger partial charge on any atom is -0.495 e. The minimum absolute atomic E-state index is 0.0816. The SMILES string of the molecule is COc1ccccc1N1CCN(C(=O)C2=NN(c3ccccc3C)C(=O)CC2)CC1. The van der Waals surface area contributed by atoms with Gasteiger partial charge in [-0.2, -0.15) is 5.10 Å². The molecule has 0 aromatic heterocycles. The van der Waals surface area contributed by atoms with Crippen molar-refractivity contribution in [2.45, 2.75) is 19.8 Å². The fraction of sp³-hybridized carbons (Fsp3) is 0.348. The summed E-state index contributed by atoms with van der Waals surface area (Å²) in [5.41, 5.74) is 3.17. The molecule has 0 unspecified atom stereocenters. The molecule has 0 aliphatic carbocycles. The molecule has 0 bridgehead atoms. The van der Waals surface area contributed by atoms with Crippen LogP contribution >= 0.6 is 0 Å². The lowest BCUT2D eigenvalue weighted by Crippen LogP contribution is -2.51. The third kappa shape index (κ3) is 3.87. The van der Waals surface area contributed by atoms with Crippen LogP contribution in [0.25, 0.3) is 0 Å². The van der Waals surface area contributed by atoms with Gasteiger partial charge < -0.3 is 14.5 Å². The van der Waals surface area contributed by atoms with E-state index >= 15 is 0 Å². The molecule has 2 aliphatic heterocycles. The van der Waals surface area contributed by atoms with Crippen LogP contribution in [-0.4, -0.2) is 55.7 Å². The van der Waals surface area contributed by atoms with E-state index in [1.807, 2.05) is 60.4 Å². The highest BCUT2D eigenvalue weighted by atomic mass is 16.5. The number of para-hydroxylation sites is 3. The number of rotatable bonds is 4. The van der Waals surface area contributed by atoms with Gasteiger partial charge in [0.1, 0.15) is 11.5 Å². The van der Waals surface area contributed by atoms with Crippen molar-refractivity contribution in [3.05, 3.63) is 54.1 Å². The van der Waals surface area contributed by atoms with Crippen molar-refractivity contribution >= 4 is 28.9 Å². The number of piperazine rings is 1. The number of ether oxygens (including phenoxy) is 1. The molecule has 2 aromatic carbocycles. The first kappa shape index (κ1) is 19.9. The molecule has 1 fully saturated rings. The molecule has 2 amide bonds. The smallest absolute Gasteiger partial charge is 0.270 e. The van der Waals surface area contributed by atoms with E-state index in [1.54, 1.807) is 7.11 Å². The van der Waals surface area contributed by atoms with Gasteiger partial charge in [0.2, 0.25) is 5.91 Å². The van der Waals surface area contributed by atoms with Crippen LogP contribution in [0.1, 0.15) is 18.4 Å². The number of anilines is 2. The van der Waals surface area contributed by atoms with Crippen LogP contribution in [0.4, 0.5) is 11.4 Å². The van der Waals surface area contributed by atoms with E-state index in [9.17, 15) is 9.59 Å². The van der Waals surface area contributed by atoms with E-state index in [0.29, 0.717) is 31.6 Å². The predicted octanol–water partition coefficient (Wildman–Crippen LogP) is 2.84. The zero-order chi connectivity index (χ0) is 21.1. The Kier molecular flexibility index (Phi) is 5.70.